The summed E-state index contributed by atoms with van der Waals surface area (Å²) in [6.07, 6.45) is -15.0. The zero-order chi connectivity index (χ0) is 23.4. The second kappa shape index (κ2) is 7.39. The molecule has 0 aliphatic heterocycles. The molecule has 3 aromatic rings. The lowest BCUT2D eigenvalue weighted by Gasteiger charge is -2.17. The molecule has 166 valence electrons. The first-order valence-electron chi connectivity index (χ1n) is 8.15. The predicted octanol–water partition coefficient (Wildman–Crippen LogP) is 6.91. The number of rotatable bonds is 2. The first-order chi connectivity index (χ1) is 14.1. The number of carbonyl (C=O) groups excluding carboxylic acids is 1. The van der Waals surface area contributed by atoms with E-state index < -0.39 is 52.3 Å². The van der Waals surface area contributed by atoms with Crippen molar-refractivity contribution in [2.24, 2.45) is 0 Å². The molecule has 3 nitrogen and oxygen atoms in total. The van der Waals surface area contributed by atoms with Crippen LogP contribution in [0.1, 0.15) is 32.6 Å². The lowest BCUT2D eigenvalue weighted by molar-refractivity contribution is -0.143. The number of anilines is 1. The van der Waals surface area contributed by atoms with E-state index in [2.05, 4.69) is 4.98 Å². The monoisotopic (exact) mass is 472 g/mol. The van der Waals surface area contributed by atoms with Gasteiger partial charge in [-0.3, -0.25) is 10.1 Å². The van der Waals surface area contributed by atoms with Crippen LogP contribution >= 0.6 is 11.3 Å². The van der Waals surface area contributed by atoms with Gasteiger partial charge in [-0.2, -0.15) is 39.5 Å². The summed E-state index contributed by atoms with van der Waals surface area (Å²) in [4.78, 5) is 16.2. The third kappa shape index (κ3) is 4.75. The average Bonchev–Trinajstić information content (AvgIpc) is 2.99. The van der Waals surface area contributed by atoms with Crippen LogP contribution in [0, 0.1) is 6.92 Å². The number of aryl methyl sites for hydroxylation is 1. The maximum Gasteiger partial charge on any atom is 0.417 e. The first kappa shape index (κ1) is 22.8. The normalized spacial score (nSPS) is 13.0. The number of amides is 1. The smallest absolute Gasteiger partial charge is 0.298 e. The average molecular weight is 472 g/mol. The number of aromatic nitrogens is 1. The first-order valence-corrected chi connectivity index (χ1v) is 8.97. The maximum absolute atomic E-state index is 13.3. The highest BCUT2D eigenvalue weighted by Gasteiger charge is 2.40. The molecule has 0 aliphatic carbocycles. The van der Waals surface area contributed by atoms with Gasteiger partial charge in [0.05, 0.1) is 32.5 Å². The summed E-state index contributed by atoms with van der Waals surface area (Å²) in [5.74, 6) is -1.40. The molecule has 2 aromatic carbocycles. The molecule has 0 bridgehead atoms. The van der Waals surface area contributed by atoms with Gasteiger partial charge in [0.2, 0.25) is 0 Å². The lowest BCUT2D eigenvalue weighted by Crippen LogP contribution is -2.21. The topological polar surface area (TPSA) is 42.0 Å². The SMILES string of the molecule is Cc1cc(C(=O)Nc2nc3ccc(C(F)(F)F)cc3s2)c(C(F)(F)F)cc1C(F)(F)F. The zero-order valence-electron chi connectivity index (χ0n) is 15.1. The van der Waals surface area contributed by atoms with Crippen molar-refractivity contribution in [1.82, 2.24) is 4.98 Å². The van der Waals surface area contributed by atoms with Gasteiger partial charge in [0.1, 0.15) is 0 Å². The molecular weight excluding hydrogens is 463 g/mol. The molecule has 0 unspecified atom stereocenters. The van der Waals surface area contributed by atoms with Gasteiger partial charge in [0, 0.05) is 0 Å². The molecule has 0 aliphatic rings. The number of benzene rings is 2. The van der Waals surface area contributed by atoms with Crippen LogP contribution in [0.5, 0.6) is 0 Å². The molecule has 0 saturated heterocycles. The van der Waals surface area contributed by atoms with E-state index >= 15 is 0 Å². The van der Waals surface area contributed by atoms with Crippen molar-refractivity contribution in [2.75, 3.05) is 5.32 Å². The Morgan fingerprint density at radius 2 is 1.48 bits per heavy atom. The van der Waals surface area contributed by atoms with Crippen LogP contribution in [0.25, 0.3) is 10.2 Å². The van der Waals surface area contributed by atoms with E-state index in [9.17, 15) is 44.3 Å². The van der Waals surface area contributed by atoms with Gasteiger partial charge < -0.3 is 0 Å². The number of carbonyl (C=O) groups is 1. The summed E-state index contributed by atoms with van der Waals surface area (Å²) < 4.78 is 117. The Kier molecular flexibility index (Phi) is 5.45. The number of nitrogens with zero attached hydrogens (tertiary/aromatic N) is 1. The lowest BCUT2D eigenvalue weighted by atomic mass is 9.97. The minimum absolute atomic E-state index is 0.00442. The largest absolute Gasteiger partial charge is 0.417 e. The number of halogens is 9. The van der Waals surface area contributed by atoms with Crippen molar-refractivity contribution in [1.29, 1.82) is 0 Å². The molecule has 1 aromatic heterocycles. The number of hydrogen-bond acceptors (Lipinski definition) is 3. The predicted molar refractivity (Wildman–Crippen MR) is 93.8 cm³/mol. The fourth-order valence-corrected chi connectivity index (χ4v) is 3.65. The van der Waals surface area contributed by atoms with E-state index in [1.807, 2.05) is 5.32 Å². The Morgan fingerprint density at radius 3 is 2.03 bits per heavy atom. The number of fused-ring (bicyclic) bond motifs is 1. The molecule has 31 heavy (non-hydrogen) atoms. The van der Waals surface area contributed by atoms with Crippen LogP contribution in [-0.4, -0.2) is 10.9 Å². The molecule has 0 radical (unpaired) electrons. The highest BCUT2D eigenvalue weighted by Crippen LogP contribution is 2.40. The summed E-state index contributed by atoms with van der Waals surface area (Å²) in [6, 6.07) is 2.82. The molecule has 1 amide bonds. The van der Waals surface area contributed by atoms with Crippen molar-refractivity contribution in [3.8, 4) is 0 Å². The third-order valence-electron chi connectivity index (χ3n) is 4.16. The van der Waals surface area contributed by atoms with E-state index in [-0.39, 0.29) is 21.4 Å². The number of hydrogen-bond donors (Lipinski definition) is 1. The van der Waals surface area contributed by atoms with Crippen LogP contribution < -0.4 is 5.32 Å². The summed E-state index contributed by atoms with van der Waals surface area (Å²) >= 11 is 0.571. The van der Waals surface area contributed by atoms with Crippen molar-refractivity contribution in [3.63, 3.8) is 0 Å². The molecule has 0 atom stereocenters. The zero-order valence-corrected chi connectivity index (χ0v) is 15.9. The third-order valence-corrected chi connectivity index (χ3v) is 5.09. The van der Waals surface area contributed by atoms with E-state index in [4.69, 9.17) is 0 Å². The molecule has 1 N–H and O–H groups in total. The molecular formula is C18H9F9N2OS. The van der Waals surface area contributed by atoms with Gasteiger partial charge in [-0.05, 0) is 42.8 Å². The number of thiazole rings is 1. The Labute approximate surface area is 171 Å². The molecule has 3 rings (SSSR count). The quantitative estimate of drug-likeness (QED) is 0.412. The summed E-state index contributed by atoms with van der Waals surface area (Å²) in [5.41, 5.74) is -5.97. The van der Waals surface area contributed by atoms with Crippen molar-refractivity contribution < 1.29 is 44.3 Å². The van der Waals surface area contributed by atoms with Crippen molar-refractivity contribution in [3.05, 3.63) is 58.1 Å². The van der Waals surface area contributed by atoms with Crippen molar-refractivity contribution in [2.45, 2.75) is 25.5 Å². The van der Waals surface area contributed by atoms with Gasteiger partial charge in [0.15, 0.2) is 5.13 Å². The van der Waals surface area contributed by atoms with Crippen LogP contribution in [0.4, 0.5) is 44.6 Å². The Balaban J connectivity index is 2.00. The highest BCUT2D eigenvalue weighted by atomic mass is 32.1. The van der Waals surface area contributed by atoms with Crippen LogP contribution in [0.3, 0.4) is 0 Å². The van der Waals surface area contributed by atoms with Gasteiger partial charge in [-0.1, -0.05) is 11.3 Å². The Bertz CT molecular complexity index is 1160. The molecule has 0 saturated carbocycles. The fraction of sp³-hybridized carbons (Fsp3) is 0.222. The molecule has 0 spiro atoms. The second-order valence-corrected chi connectivity index (χ2v) is 7.39. The Morgan fingerprint density at radius 1 is 0.871 bits per heavy atom. The molecule has 13 heteroatoms. The second-order valence-electron chi connectivity index (χ2n) is 6.36. The summed E-state index contributed by atoms with van der Waals surface area (Å²) in [6.45, 7) is 0.899. The highest BCUT2D eigenvalue weighted by molar-refractivity contribution is 7.22. The van der Waals surface area contributed by atoms with Gasteiger partial charge >= 0.3 is 18.5 Å². The number of alkyl halides is 9. The number of nitrogens with one attached hydrogen (secondary N) is 1. The van der Waals surface area contributed by atoms with E-state index in [0.29, 0.717) is 17.4 Å². The van der Waals surface area contributed by atoms with Crippen LogP contribution in [-0.2, 0) is 18.5 Å². The van der Waals surface area contributed by atoms with E-state index in [1.165, 1.54) is 0 Å². The molecule has 1 heterocycles. The standard InChI is InChI=1S/C18H9F9N2OS/c1-7-4-9(11(18(25,26)27)6-10(7)17(22,23)24)14(30)29-15-28-12-3-2-8(16(19,20)21)5-13(12)31-15/h2-6H,1H3,(H,28,29,30). The molecule has 0 fully saturated rings. The summed E-state index contributed by atoms with van der Waals surface area (Å²) in [5, 5.41) is 1.69. The fourth-order valence-electron chi connectivity index (χ4n) is 2.75. The maximum atomic E-state index is 13.3. The van der Waals surface area contributed by atoms with Crippen LogP contribution in [0.2, 0.25) is 0 Å². The summed E-state index contributed by atoms with van der Waals surface area (Å²) in [7, 11) is 0. The Hall–Kier alpha value is -2.83. The van der Waals surface area contributed by atoms with E-state index in [0.717, 1.165) is 25.1 Å². The minimum atomic E-state index is -5.27. The van der Waals surface area contributed by atoms with Crippen LogP contribution in [0.15, 0.2) is 30.3 Å². The van der Waals surface area contributed by atoms with Gasteiger partial charge in [0.25, 0.3) is 5.91 Å². The minimum Gasteiger partial charge on any atom is -0.298 e. The van der Waals surface area contributed by atoms with Crippen molar-refractivity contribution >= 4 is 32.6 Å². The van der Waals surface area contributed by atoms with Gasteiger partial charge in [-0.15, -0.1) is 0 Å². The van der Waals surface area contributed by atoms with Gasteiger partial charge in [-0.25, -0.2) is 4.98 Å². The van der Waals surface area contributed by atoms with E-state index in [1.54, 1.807) is 0 Å².